The van der Waals surface area contributed by atoms with Crippen LogP contribution < -0.4 is 106 Å². The molecule has 0 nitrogen and oxygen atoms in total. The average Bonchev–Trinajstić information content (AvgIpc) is 0.783. The first-order valence-corrected chi connectivity index (χ1v) is 68.0. The molecule has 748 valence electrons. The fourth-order valence-corrected chi connectivity index (χ4v) is 48.0. The number of benzene rings is 20. The van der Waals surface area contributed by atoms with E-state index in [1.165, 1.54) is 162 Å². The summed E-state index contributed by atoms with van der Waals surface area (Å²) in [6.45, 7) is 10.0. The fourth-order valence-electron chi connectivity index (χ4n) is 19.9. The van der Waals surface area contributed by atoms with Crippen LogP contribution >= 0.6 is 79.2 Å². The van der Waals surface area contributed by atoms with Crippen LogP contribution in [0.1, 0.15) is 47.0 Å². The van der Waals surface area contributed by atoms with Crippen molar-refractivity contribution in [3.63, 3.8) is 0 Å². The molecule has 0 amide bonds. The zero-order chi connectivity index (χ0) is 103. The summed E-state index contributed by atoms with van der Waals surface area (Å²) in [4.78, 5) is 0. The van der Waals surface area contributed by atoms with Crippen molar-refractivity contribution in [2.24, 2.45) is 16.2 Å². The van der Waals surface area contributed by atoms with Crippen LogP contribution in [0, 0.1) is 16.2 Å². The zero-order valence-electron chi connectivity index (χ0n) is 86.9. The molecule has 150 heavy (non-hydrogen) atoms. The van der Waals surface area contributed by atoms with Crippen LogP contribution in [0.15, 0.2) is 607 Å². The molecule has 0 saturated heterocycles. The molecule has 0 saturated carbocycles. The summed E-state index contributed by atoms with van der Waals surface area (Å²) in [6.07, 6.45) is 15.5. The summed E-state index contributed by atoms with van der Waals surface area (Å²) in [6, 6.07) is 225. The summed E-state index contributed by atoms with van der Waals surface area (Å²) in [5.41, 5.74) is 0.410. The molecule has 0 aliphatic rings. The van der Waals surface area contributed by atoms with E-state index < -0.39 is 63.4 Å². The lowest BCUT2D eigenvalue weighted by atomic mass is 9.92. The Kier molecular flexibility index (Phi) is 42.9. The number of hydrogen-bond acceptors (Lipinski definition) is 0. The van der Waals surface area contributed by atoms with Gasteiger partial charge in [0.1, 0.15) is 0 Å². The molecule has 0 heterocycles. The molecule has 0 bridgehead atoms. The molecule has 0 radical (unpaired) electrons. The Bertz CT molecular complexity index is 6140. The van der Waals surface area contributed by atoms with Crippen LogP contribution in [0.5, 0.6) is 0 Å². The lowest BCUT2D eigenvalue weighted by Gasteiger charge is -2.42. The van der Waals surface area contributed by atoms with E-state index in [-0.39, 0.29) is 32.1 Å². The van der Waals surface area contributed by atoms with Crippen LogP contribution in [0.2, 0.25) is 0 Å². The maximum Gasteiger partial charge on any atom is -0.0164 e. The van der Waals surface area contributed by atoms with Gasteiger partial charge in [0.15, 0.2) is 0 Å². The number of hydrogen-bond donors (Lipinski definition) is 0. The Morgan fingerprint density at radius 1 is 0.127 bits per heavy atom. The molecule has 0 fully saturated rings. The summed E-state index contributed by atoms with van der Waals surface area (Å²) in [7, 11) is -4.71. The van der Waals surface area contributed by atoms with Gasteiger partial charge in [0.2, 0.25) is 0 Å². The molecule has 0 atom stereocenters. The van der Waals surface area contributed by atoms with Crippen molar-refractivity contribution in [1.82, 2.24) is 0 Å². The lowest BCUT2D eigenvalue weighted by Crippen LogP contribution is -2.38. The predicted molar refractivity (Wildman–Crippen MR) is 683 cm³/mol. The molecule has 0 aliphatic carbocycles. The van der Waals surface area contributed by atoms with Crippen LogP contribution in [0.3, 0.4) is 0 Å². The first-order valence-electron chi connectivity index (χ1n) is 52.7. The van der Waals surface area contributed by atoms with Gasteiger partial charge in [-0.15, -0.1) is 0 Å². The first kappa shape index (κ1) is 110. The largest absolute Gasteiger partial charge is 0.0648 e. The fraction of sp³-hybridized carbons (Fsp3) is 0.143. The second-order valence-electron chi connectivity index (χ2n) is 39.2. The second-order valence-corrected chi connectivity index (χ2v) is 61.6. The van der Waals surface area contributed by atoms with Gasteiger partial charge in [-0.2, -0.15) is 0 Å². The number of rotatable bonds is 42. The van der Waals surface area contributed by atoms with Gasteiger partial charge in [-0.05, 0) is 282 Å². The van der Waals surface area contributed by atoms with E-state index in [2.05, 4.69) is 634 Å². The molecule has 0 spiro atoms. The maximum absolute atomic E-state index is 2.61. The minimum absolute atomic E-state index is 0.0756. The highest BCUT2D eigenvalue weighted by Crippen LogP contribution is 2.57. The van der Waals surface area contributed by atoms with Gasteiger partial charge < -0.3 is 0 Å². The molecule has 0 aromatic heterocycles. The molecule has 10 heteroatoms. The molecule has 0 N–H and O–H groups in total. The van der Waals surface area contributed by atoms with Crippen molar-refractivity contribution in [3.8, 4) is 0 Å². The molecular formula is C140H138P10. The third kappa shape index (κ3) is 32.4. The van der Waals surface area contributed by atoms with Gasteiger partial charge in [-0.25, -0.2) is 0 Å². The SMILES string of the molecule is CC(C)(CP(c1ccccc1)c1ccccc1)CP(c1ccccc1)c1ccccc1.CC(CP(c1ccccc1)c1ccccc1)(CP(c1ccccc1)c1ccccc1)CP(c1ccccc1)c1ccccc1.CCC(CP(c1ccccc1)c1ccccc1)(CP(c1ccccc1)c1ccccc1)CP(c1ccccc1)c1ccccc1.c1ccc(P(CCCCP(c2ccccc2)c2ccccc2)c2ccccc2)cc1. The van der Waals surface area contributed by atoms with Crippen LogP contribution in [0.25, 0.3) is 0 Å². The van der Waals surface area contributed by atoms with E-state index in [0.29, 0.717) is 0 Å². The lowest BCUT2D eigenvalue weighted by molar-refractivity contribution is 0.422. The Balaban J connectivity index is 0.000000138. The van der Waals surface area contributed by atoms with Gasteiger partial charge in [0.25, 0.3) is 0 Å². The third-order valence-corrected chi connectivity index (χ3v) is 55.9. The van der Waals surface area contributed by atoms with Crippen molar-refractivity contribution >= 4 is 185 Å². The van der Waals surface area contributed by atoms with Gasteiger partial charge in [-0.3, -0.25) is 0 Å². The zero-order valence-corrected chi connectivity index (χ0v) is 95.8. The van der Waals surface area contributed by atoms with Crippen molar-refractivity contribution in [3.05, 3.63) is 607 Å². The highest BCUT2D eigenvalue weighted by Gasteiger charge is 2.41. The smallest absolute Gasteiger partial charge is 0.0164 e. The first-order chi connectivity index (χ1) is 74.0. The van der Waals surface area contributed by atoms with Crippen molar-refractivity contribution in [2.45, 2.75) is 47.0 Å². The van der Waals surface area contributed by atoms with E-state index >= 15 is 0 Å². The van der Waals surface area contributed by atoms with Crippen LogP contribution in [0.4, 0.5) is 0 Å². The molecular weight excluding hydrogens is 1990 g/mol. The van der Waals surface area contributed by atoms with Crippen molar-refractivity contribution in [1.29, 1.82) is 0 Å². The standard InChI is InChI=1S/C42H41P3.C41H39P3.C29H30P2.C28H28P2/c1-2-42(33-43(36-21-9-3-10-22-36)37-23-11-4-12-24-37,34-44(38-25-13-5-14-26-38)39-27-15-6-16-28-39)35-45(40-29-17-7-18-30-40)41-31-19-8-20-32-41;1-41(32-42(35-20-8-2-9-21-35)36-22-10-3-11-23-36,33-43(37-24-12-4-13-25-37)38-26-14-5-15-27-38)34-44(39-28-16-6-17-29-39)40-30-18-7-19-31-40;1-29(2,23-30(25-15-7-3-8-16-25)26-17-9-4-10-18-26)24-31(27-19-11-5-12-20-27)28-21-13-6-14-22-28;1-5-15-25(16-6-1)29(26-17-7-2-8-18-26)23-13-14-24-30(27-19-9-3-10-20-27)28-21-11-4-12-22-28/h3-32H,2,33-35H2,1H3;2-31H,32-34H2,1H3;3-22H,23-24H2,1-2H3;1-12,15-22H,13-14,23-24H2. The number of unbranched alkanes of at least 4 members (excludes halogenated alkanes) is 1. The van der Waals surface area contributed by atoms with E-state index in [1.54, 1.807) is 0 Å². The normalized spacial score (nSPS) is 11.6. The van der Waals surface area contributed by atoms with Crippen LogP contribution in [-0.4, -0.2) is 61.6 Å². The Morgan fingerprint density at radius 3 is 0.340 bits per heavy atom. The topological polar surface area (TPSA) is 0 Å². The average molecular weight is 2130 g/mol. The summed E-state index contributed by atoms with van der Waals surface area (Å²) >= 11 is 0. The molecule has 20 rings (SSSR count). The van der Waals surface area contributed by atoms with Gasteiger partial charge >= 0.3 is 0 Å². The summed E-state index contributed by atoms with van der Waals surface area (Å²) in [5.74, 6) is 0. The minimum atomic E-state index is -0.561. The molecule has 20 aromatic rings. The Labute approximate surface area is 909 Å². The molecule has 0 unspecified atom stereocenters. The van der Waals surface area contributed by atoms with E-state index in [9.17, 15) is 0 Å². The van der Waals surface area contributed by atoms with E-state index in [4.69, 9.17) is 0 Å². The maximum atomic E-state index is 2.61. The monoisotopic (exact) mass is 2130 g/mol. The molecule has 0 aliphatic heterocycles. The van der Waals surface area contributed by atoms with E-state index in [1.807, 2.05) is 0 Å². The van der Waals surface area contributed by atoms with Crippen LogP contribution in [-0.2, 0) is 0 Å². The summed E-state index contributed by atoms with van der Waals surface area (Å²) in [5, 5.41) is 29.5. The van der Waals surface area contributed by atoms with Gasteiger partial charge in [-0.1, -0.05) is 634 Å². The van der Waals surface area contributed by atoms with E-state index in [0.717, 1.165) is 24.9 Å². The Morgan fingerprint density at radius 2 is 0.227 bits per heavy atom. The highest BCUT2D eigenvalue weighted by molar-refractivity contribution is 7.77. The second kappa shape index (κ2) is 58.5. The Hall–Kier alpha value is -11.3. The quantitative estimate of drug-likeness (QED) is 0.0264. The third-order valence-electron chi connectivity index (χ3n) is 27.4. The van der Waals surface area contributed by atoms with Gasteiger partial charge in [0, 0.05) is 0 Å². The minimum Gasteiger partial charge on any atom is -0.0648 e. The highest BCUT2D eigenvalue weighted by atomic mass is 31.1. The predicted octanol–water partition coefficient (Wildman–Crippen LogP) is 29.5. The van der Waals surface area contributed by atoms with Crippen molar-refractivity contribution in [2.75, 3.05) is 61.6 Å². The summed E-state index contributed by atoms with van der Waals surface area (Å²) < 4.78 is 0. The molecule has 20 aromatic carbocycles. The van der Waals surface area contributed by atoms with Gasteiger partial charge in [0.05, 0.1) is 0 Å². The van der Waals surface area contributed by atoms with Crippen molar-refractivity contribution < 1.29 is 0 Å².